The number of rotatable bonds is 43. The summed E-state index contributed by atoms with van der Waals surface area (Å²) in [6.45, 7) is 4.15. The Morgan fingerprint density at radius 1 is 0.444 bits per heavy atom. The summed E-state index contributed by atoms with van der Waals surface area (Å²) in [7, 11) is 0. The van der Waals surface area contributed by atoms with Gasteiger partial charge in [-0.2, -0.15) is 0 Å². The van der Waals surface area contributed by atoms with Crippen LogP contribution >= 0.6 is 0 Å². The average molecular weight is 760 g/mol. The summed E-state index contributed by atoms with van der Waals surface area (Å²) < 4.78 is 0. The van der Waals surface area contributed by atoms with Crippen LogP contribution in [0.25, 0.3) is 0 Å². The van der Waals surface area contributed by atoms with E-state index in [1.54, 1.807) is 6.08 Å². The highest BCUT2D eigenvalue weighted by atomic mass is 16.3. The van der Waals surface area contributed by atoms with Crippen LogP contribution in [0.1, 0.15) is 245 Å². The molecule has 4 N–H and O–H groups in total. The Kier molecular flexibility index (Phi) is 43.1. The second kappa shape index (κ2) is 44.3. The van der Waals surface area contributed by atoms with Gasteiger partial charge >= 0.3 is 0 Å². The lowest BCUT2D eigenvalue weighted by Gasteiger charge is -2.21. The first-order valence-corrected chi connectivity index (χ1v) is 23.8. The quantitative estimate of drug-likeness (QED) is 0.0368. The minimum absolute atomic E-state index is 0.379. The van der Waals surface area contributed by atoms with E-state index in [4.69, 9.17) is 0 Å². The first kappa shape index (κ1) is 52.6. The van der Waals surface area contributed by atoms with Crippen LogP contribution in [-0.2, 0) is 4.79 Å². The second-order valence-electron chi connectivity index (χ2n) is 16.3. The van der Waals surface area contributed by atoms with Crippen molar-refractivity contribution >= 4 is 5.91 Å². The van der Waals surface area contributed by atoms with Gasteiger partial charge in [0.15, 0.2) is 0 Å². The van der Waals surface area contributed by atoms with Crippen molar-refractivity contribution in [2.24, 2.45) is 0 Å². The van der Waals surface area contributed by atoms with Gasteiger partial charge in [0, 0.05) is 0 Å². The highest BCUT2D eigenvalue weighted by molar-refractivity contribution is 5.80. The number of allylic oxidation sites excluding steroid dienone is 5. The summed E-state index contributed by atoms with van der Waals surface area (Å²) in [6, 6.07) is -0.818. The number of unbranched alkanes of at least 4 members (excludes halogenated alkanes) is 31. The zero-order valence-electron chi connectivity index (χ0n) is 36.1. The SMILES string of the molecule is CCCCCC/C=C/CC/C=C/CC/C=C/C(O)C(CO)NC(=O)C(O)CCCCCCCCCCCCCCCCCCCCCCCCCCCC. The zero-order chi connectivity index (χ0) is 39.4. The van der Waals surface area contributed by atoms with Gasteiger partial charge < -0.3 is 20.6 Å². The first-order chi connectivity index (χ1) is 26.6. The van der Waals surface area contributed by atoms with E-state index in [9.17, 15) is 20.1 Å². The lowest BCUT2D eigenvalue weighted by molar-refractivity contribution is -0.131. The summed E-state index contributed by atoms with van der Waals surface area (Å²) in [4.78, 5) is 12.5. The van der Waals surface area contributed by atoms with E-state index in [1.807, 2.05) is 6.08 Å². The number of carbonyl (C=O) groups is 1. The number of amides is 1. The van der Waals surface area contributed by atoms with Crippen molar-refractivity contribution < 1.29 is 20.1 Å². The lowest BCUT2D eigenvalue weighted by atomic mass is 10.0. The maximum atomic E-state index is 12.5. The summed E-state index contributed by atoms with van der Waals surface area (Å²) in [6.07, 6.45) is 56.3. The van der Waals surface area contributed by atoms with Crippen molar-refractivity contribution in [3.8, 4) is 0 Å². The van der Waals surface area contributed by atoms with Gasteiger partial charge in [0.1, 0.15) is 6.10 Å². The van der Waals surface area contributed by atoms with Crippen LogP contribution in [0.15, 0.2) is 36.5 Å². The molecule has 0 aliphatic carbocycles. The largest absolute Gasteiger partial charge is 0.394 e. The predicted molar refractivity (Wildman–Crippen MR) is 236 cm³/mol. The van der Waals surface area contributed by atoms with E-state index in [2.05, 4.69) is 43.5 Å². The summed E-state index contributed by atoms with van der Waals surface area (Å²) in [5, 5.41) is 33.1. The van der Waals surface area contributed by atoms with Crippen molar-refractivity contribution in [2.45, 2.75) is 263 Å². The topological polar surface area (TPSA) is 89.8 Å². The number of aliphatic hydroxyl groups excluding tert-OH is 3. The van der Waals surface area contributed by atoms with Crippen LogP contribution in [0.2, 0.25) is 0 Å². The molecule has 0 aromatic carbocycles. The third-order valence-electron chi connectivity index (χ3n) is 11.0. The Balaban J connectivity index is 3.60. The van der Waals surface area contributed by atoms with E-state index in [0.29, 0.717) is 6.42 Å². The van der Waals surface area contributed by atoms with E-state index < -0.39 is 24.2 Å². The average Bonchev–Trinajstić information content (AvgIpc) is 3.18. The number of aliphatic hydroxyl groups is 3. The number of hydrogen-bond donors (Lipinski definition) is 4. The van der Waals surface area contributed by atoms with Gasteiger partial charge in [-0.1, -0.05) is 237 Å². The Morgan fingerprint density at radius 2 is 0.759 bits per heavy atom. The minimum Gasteiger partial charge on any atom is -0.394 e. The molecule has 0 saturated carbocycles. The Bertz CT molecular complexity index is 840. The Hall–Kier alpha value is -1.43. The number of carbonyl (C=O) groups excluding carboxylic acids is 1. The monoisotopic (exact) mass is 760 g/mol. The molecule has 318 valence electrons. The van der Waals surface area contributed by atoms with Crippen molar-refractivity contribution in [3.63, 3.8) is 0 Å². The van der Waals surface area contributed by atoms with Crippen LogP contribution < -0.4 is 5.32 Å². The van der Waals surface area contributed by atoms with Crippen molar-refractivity contribution in [1.82, 2.24) is 5.32 Å². The maximum Gasteiger partial charge on any atom is 0.249 e. The molecule has 0 aromatic rings. The van der Waals surface area contributed by atoms with Gasteiger partial charge in [-0.15, -0.1) is 0 Å². The molecule has 3 atom stereocenters. The van der Waals surface area contributed by atoms with Gasteiger partial charge in [0.05, 0.1) is 18.8 Å². The van der Waals surface area contributed by atoms with Gasteiger partial charge in [0.25, 0.3) is 0 Å². The lowest BCUT2D eigenvalue weighted by Crippen LogP contribution is -2.48. The molecule has 0 bridgehead atoms. The Morgan fingerprint density at radius 3 is 1.13 bits per heavy atom. The molecule has 0 fully saturated rings. The fourth-order valence-electron chi connectivity index (χ4n) is 7.22. The van der Waals surface area contributed by atoms with Crippen molar-refractivity contribution in [1.29, 1.82) is 0 Å². The third-order valence-corrected chi connectivity index (χ3v) is 11.0. The number of hydrogen-bond acceptors (Lipinski definition) is 4. The second-order valence-corrected chi connectivity index (χ2v) is 16.3. The summed E-state index contributed by atoms with van der Waals surface area (Å²) in [5.41, 5.74) is 0. The standard InChI is InChI=1S/C49H93NO4/c1-3-5-7-9-11-13-15-17-19-20-21-22-23-24-25-26-27-28-29-30-32-34-36-38-40-42-44-48(53)49(54)50-46(45-51)47(52)43-41-39-37-35-33-31-18-16-14-12-10-8-6-4-2/h14,16,33,35,41,43,46-48,51-53H,3-13,15,17-32,34,36-40,42,44-45H2,1-2H3,(H,50,54)/b16-14+,35-33+,43-41+. The van der Waals surface area contributed by atoms with Gasteiger partial charge in [-0.05, 0) is 44.9 Å². The molecule has 5 nitrogen and oxygen atoms in total. The maximum absolute atomic E-state index is 12.5. The molecule has 0 spiro atoms. The van der Waals surface area contributed by atoms with E-state index >= 15 is 0 Å². The molecular formula is C49H93NO4. The van der Waals surface area contributed by atoms with Crippen LogP contribution in [0.5, 0.6) is 0 Å². The molecular weight excluding hydrogens is 667 g/mol. The molecule has 0 heterocycles. The molecule has 0 radical (unpaired) electrons. The van der Waals surface area contributed by atoms with Crippen LogP contribution in [0, 0.1) is 0 Å². The highest BCUT2D eigenvalue weighted by Gasteiger charge is 2.22. The smallest absolute Gasteiger partial charge is 0.249 e. The summed E-state index contributed by atoms with van der Waals surface area (Å²) in [5.74, 6) is -0.515. The van der Waals surface area contributed by atoms with Gasteiger partial charge in [0.2, 0.25) is 5.91 Å². The number of nitrogens with one attached hydrogen (secondary N) is 1. The molecule has 1 amide bonds. The normalized spacial score (nSPS) is 13.8. The third kappa shape index (κ3) is 38.8. The fourth-order valence-corrected chi connectivity index (χ4v) is 7.22. The molecule has 54 heavy (non-hydrogen) atoms. The van der Waals surface area contributed by atoms with E-state index in [0.717, 1.165) is 44.9 Å². The minimum atomic E-state index is -1.11. The molecule has 0 aliphatic heterocycles. The zero-order valence-corrected chi connectivity index (χ0v) is 36.1. The van der Waals surface area contributed by atoms with Crippen LogP contribution in [0.3, 0.4) is 0 Å². The first-order valence-electron chi connectivity index (χ1n) is 23.8. The predicted octanol–water partition coefficient (Wildman–Crippen LogP) is 13.9. The molecule has 3 unspecified atom stereocenters. The van der Waals surface area contributed by atoms with E-state index in [-0.39, 0.29) is 6.61 Å². The molecule has 0 aromatic heterocycles. The summed E-state index contributed by atoms with van der Waals surface area (Å²) >= 11 is 0. The van der Waals surface area contributed by atoms with E-state index in [1.165, 1.54) is 180 Å². The highest BCUT2D eigenvalue weighted by Crippen LogP contribution is 2.16. The Labute approximate surface area is 336 Å². The van der Waals surface area contributed by atoms with Crippen LogP contribution in [-0.4, -0.2) is 46.1 Å². The van der Waals surface area contributed by atoms with Gasteiger partial charge in [-0.25, -0.2) is 0 Å². The molecule has 0 rings (SSSR count). The molecule has 0 aliphatic rings. The molecule has 5 heteroatoms. The van der Waals surface area contributed by atoms with Crippen LogP contribution in [0.4, 0.5) is 0 Å². The van der Waals surface area contributed by atoms with Crippen molar-refractivity contribution in [2.75, 3.05) is 6.61 Å². The van der Waals surface area contributed by atoms with Crippen molar-refractivity contribution in [3.05, 3.63) is 36.5 Å². The fraction of sp³-hybridized carbons (Fsp3) is 0.857. The van der Waals surface area contributed by atoms with Gasteiger partial charge in [-0.3, -0.25) is 4.79 Å². The molecule has 0 saturated heterocycles.